The van der Waals surface area contributed by atoms with Crippen molar-refractivity contribution in [3.63, 3.8) is 0 Å². The maximum atomic E-state index is 13.4. The molecule has 0 aliphatic heterocycles. The number of hydrogen-bond donors (Lipinski definition) is 3. The Kier molecular flexibility index (Phi) is 11.0. The van der Waals surface area contributed by atoms with Gasteiger partial charge in [0.15, 0.2) is 0 Å². The lowest BCUT2D eigenvalue weighted by atomic mass is 10.1. The lowest BCUT2D eigenvalue weighted by Gasteiger charge is -2.13. The number of nitrogens with one attached hydrogen (secondary N) is 3. The van der Waals surface area contributed by atoms with Gasteiger partial charge >= 0.3 is 0 Å². The summed E-state index contributed by atoms with van der Waals surface area (Å²) in [5.74, 6) is -0.157. The first-order chi connectivity index (χ1) is 19.9. The maximum Gasteiger partial charge on any atom is 0.272 e. The molecule has 0 saturated carbocycles. The molecule has 0 radical (unpaired) electrons. The van der Waals surface area contributed by atoms with E-state index >= 15 is 0 Å². The van der Waals surface area contributed by atoms with Crippen LogP contribution in [-0.2, 0) is 9.59 Å². The average molecular weight is 678 g/mol. The monoisotopic (exact) mass is 677 g/mol. The number of benzene rings is 4. The van der Waals surface area contributed by atoms with Crippen LogP contribution in [0.2, 0.25) is 0 Å². The Labute approximate surface area is 256 Å². The van der Waals surface area contributed by atoms with Gasteiger partial charge in [-0.05, 0) is 102 Å². The van der Waals surface area contributed by atoms with Crippen LogP contribution in [0.15, 0.2) is 114 Å². The minimum absolute atomic E-state index is 0.0664. The summed E-state index contributed by atoms with van der Waals surface area (Å²) < 4.78 is 6.79. The number of amides is 3. The Balaban J connectivity index is 1.44. The highest BCUT2D eigenvalue weighted by atomic mass is 127. The van der Waals surface area contributed by atoms with Gasteiger partial charge in [-0.1, -0.05) is 36.4 Å². The SMILES string of the molecule is CCOc1ccccc1/C=C(\NC(=O)c1ccccc1)C(=O)Nc1ccc(SCC(=O)Nc2ccc(I)cc2)cc1. The Hall–Kier alpha value is -4.09. The molecule has 3 amide bonds. The molecule has 7 nitrogen and oxygen atoms in total. The molecule has 0 aromatic heterocycles. The predicted octanol–water partition coefficient (Wildman–Crippen LogP) is 6.83. The van der Waals surface area contributed by atoms with Crippen molar-refractivity contribution in [3.8, 4) is 5.75 Å². The summed E-state index contributed by atoms with van der Waals surface area (Å²) in [6.45, 7) is 2.34. The highest BCUT2D eigenvalue weighted by Crippen LogP contribution is 2.23. The van der Waals surface area contributed by atoms with Gasteiger partial charge in [0.05, 0.1) is 12.4 Å². The molecular formula is C32H28IN3O4S. The fraction of sp³-hybridized carbons (Fsp3) is 0.0938. The molecule has 0 fully saturated rings. The zero-order chi connectivity index (χ0) is 29.0. The number of hydrogen-bond acceptors (Lipinski definition) is 5. The molecule has 41 heavy (non-hydrogen) atoms. The second-order valence-electron chi connectivity index (χ2n) is 8.67. The lowest BCUT2D eigenvalue weighted by Crippen LogP contribution is -2.30. The van der Waals surface area contributed by atoms with Crippen LogP contribution in [0.1, 0.15) is 22.8 Å². The van der Waals surface area contributed by atoms with Crippen molar-refractivity contribution < 1.29 is 19.1 Å². The summed E-state index contributed by atoms with van der Waals surface area (Å²) in [5, 5.41) is 8.47. The molecule has 0 aliphatic carbocycles. The predicted molar refractivity (Wildman–Crippen MR) is 173 cm³/mol. The molecule has 0 bridgehead atoms. The molecule has 4 aromatic rings. The smallest absolute Gasteiger partial charge is 0.272 e. The van der Waals surface area contributed by atoms with Crippen molar-refractivity contribution in [3.05, 3.63) is 124 Å². The standard InChI is InChI=1S/C32H28IN3O4S/c1-2-40-29-11-7-6-10-23(29)20-28(36-31(38)22-8-4-3-5-9-22)32(39)35-26-16-18-27(19-17-26)41-21-30(37)34-25-14-12-24(33)13-15-25/h3-20H,2,21H2,1H3,(H,34,37)(H,35,39)(H,36,38)/b28-20-. The Morgan fingerprint density at radius 1 is 0.805 bits per heavy atom. The molecule has 0 heterocycles. The van der Waals surface area contributed by atoms with Crippen LogP contribution in [0, 0.1) is 3.57 Å². The van der Waals surface area contributed by atoms with Crippen LogP contribution in [-0.4, -0.2) is 30.1 Å². The van der Waals surface area contributed by atoms with Crippen molar-refractivity contribution >= 4 is 69.5 Å². The van der Waals surface area contributed by atoms with E-state index in [2.05, 4.69) is 38.5 Å². The number of carbonyl (C=O) groups is 3. The third kappa shape index (κ3) is 9.22. The number of thioether (sulfide) groups is 1. The number of carbonyl (C=O) groups excluding carboxylic acids is 3. The van der Waals surface area contributed by atoms with E-state index in [1.54, 1.807) is 48.5 Å². The Morgan fingerprint density at radius 2 is 1.44 bits per heavy atom. The van der Waals surface area contributed by atoms with Crippen molar-refractivity contribution in [2.45, 2.75) is 11.8 Å². The van der Waals surface area contributed by atoms with Gasteiger partial charge in [0, 0.05) is 31.0 Å². The lowest BCUT2D eigenvalue weighted by molar-refractivity contribution is -0.114. The van der Waals surface area contributed by atoms with E-state index in [-0.39, 0.29) is 17.4 Å². The van der Waals surface area contributed by atoms with E-state index in [4.69, 9.17) is 4.74 Å². The molecule has 0 aliphatic rings. The van der Waals surface area contributed by atoms with Crippen LogP contribution in [0.4, 0.5) is 11.4 Å². The van der Waals surface area contributed by atoms with Gasteiger partial charge < -0.3 is 20.7 Å². The zero-order valence-corrected chi connectivity index (χ0v) is 25.2. The van der Waals surface area contributed by atoms with E-state index in [0.29, 0.717) is 29.2 Å². The van der Waals surface area contributed by atoms with E-state index in [0.717, 1.165) is 14.2 Å². The second-order valence-corrected chi connectivity index (χ2v) is 11.0. The van der Waals surface area contributed by atoms with Crippen molar-refractivity contribution in [1.29, 1.82) is 0 Å². The summed E-state index contributed by atoms with van der Waals surface area (Å²) in [5.41, 5.74) is 2.44. The van der Waals surface area contributed by atoms with Gasteiger partial charge in [-0.2, -0.15) is 0 Å². The van der Waals surface area contributed by atoms with Crippen LogP contribution < -0.4 is 20.7 Å². The Morgan fingerprint density at radius 3 is 2.15 bits per heavy atom. The first kappa shape index (κ1) is 29.9. The topological polar surface area (TPSA) is 96.5 Å². The quantitative estimate of drug-likeness (QED) is 0.0920. The molecule has 4 rings (SSSR count). The number of ether oxygens (including phenoxy) is 1. The van der Waals surface area contributed by atoms with Gasteiger partial charge in [0.25, 0.3) is 11.8 Å². The van der Waals surface area contributed by atoms with E-state index in [1.165, 1.54) is 11.8 Å². The molecule has 9 heteroatoms. The minimum Gasteiger partial charge on any atom is -0.493 e. The van der Waals surface area contributed by atoms with E-state index in [1.807, 2.05) is 67.6 Å². The third-order valence-corrected chi connectivity index (χ3v) is 7.39. The second kappa shape index (κ2) is 15.1. The number of rotatable bonds is 11. The largest absolute Gasteiger partial charge is 0.493 e. The van der Waals surface area contributed by atoms with Gasteiger partial charge in [-0.15, -0.1) is 11.8 Å². The highest BCUT2D eigenvalue weighted by molar-refractivity contribution is 14.1. The highest BCUT2D eigenvalue weighted by Gasteiger charge is 2.16. The fourth-order valence-corrected chi connectivity index (χ4v) is 4.75. The van der Waals surface area contributed by atoms with Crippen molar-refractivity contribution in [2.75, 3.05) is 23.0 Å². The Bertz CT molecular complexity index is 1530. The van der Waals surface area contributed by atoms with Crippen LogP contribution in [0.3, 0.4) is 0 Å². The van der Waals surface area contributed by atoms with E-state index in [9.17, 15) is 14.4 Å². The normalized spacial score (nSPS) is 10.9. The number of halogens is 1. The fourth-order valence-electron chi connectivity index (χ4n) is 3.70. The molecule has 0 atom stereocenters. The molecule has 3 N–H and O–H groups in total. The summed E-state index contributed by atoms with van der Waals surface area (Å²) in [6, 6.07) is 30.7. The molecule has 0 unspecified atom stereocenters. The number of para-hydroxylation sites is 1. The minimum atomic E-state index is -0.488. The van der Waals surface area contributed by atoms with Crippen LogP contribution in [0.25, 0.3) is 6.08 Å². The molecular weight excluding hydrogens is 649 g/mol. The summed E-state index contributed by atoms with van der Waals surface area (Å²) in [7, 11) is 0. The van der Waals surface area contributed by atoms with E-state index < -0.39 is 11.8 Å². The average Bonchev–Trinajstić information content (AvgIpc) is 2.99. The third-order valence-electron chi connectivity index (χ3n) is 5.66. The summed E-state index contributed by atoms with van der Waals surface area (Å²) in [6.07, 6.45) is 1.59. The van der Waals surface area contributed by atoms with Crippen LogP contribution in [0.5, 0.6) is 5.75 Å². The number of anilines is 2. The van der Waals surface area contributed by atoms with Gasteiger partial charge in [0.1, 0.15) is 11.4 Å². The first-order valence-corrected chi connectivity index (χ1v) is 14.9. The van der Waals surface area contributed by atoms with Crippen molar-refractivity contribution in [2.24, 2.45) is 0 Å². The molecule has 4 aromatic carbocycles. The van der Waals surface area contributed by atoms with Gasteiger partial charge in [-0.25, -0.2) is 0 Å². The van der Waals surface area contributed by atoms with Gasteiger partial charge in [0.2, 0.25) is 5.91 Å². The van der Waals surface area contributed by atoms with Gasteiger partial charge in [-0.3, -0.25) is 14.4 Å². The summed E-state index contributed by atoms with van der Waals surface area (Å²) >= 11 is 3.60. The maximum absolute atomic E-state index is 13.4. The summed E-state index contributed by atoms with van der Waals surface area (Å²) in [4.78, 5) is 39.5. The first-order valence-electron chi connectivity index (χ1n) is 12.8. The van der Waals surface area contributed by atoms with Crippen molar-refractivity contribution in [1.82, 2.24) is 5.32 Å². The molecule has 0 saturated heterocycles. The van der Waals surface area contributed by atoms with Crippen LogP contribution >= 0.6 is 34.4 Å². The zero-order valence-electron chi connectivity index (χ0n) is 22.2. The molecule has 208 valence electrons. The molecule has 0 spiro atoms.